The van der Waals surface area contributed by atoms with Crippen molar-refractivity contribution in [1.82, 2.24) is 9.88 Å². The summed E-state index contributed by atoms with van der Waals surface area (Å²) in [7, 11) is 0. The van der Waals surface area contributed by atoms with Gasteiger partial charge in [0, 0.05) is 44.9 Å². The van der Waals surface area contributed by atoms with E-state index in [2.05, 4.69) is 36.7 Å². The Morgan fingerprint density at radius 1 is 1.20 bits per heavy atom. The van der Waals surface area contributed by atoms with E-state index >= 15 is 0 Å². The second-order valence-electron chi connectivity index (χ2n) is 6.47. The Bertz CT molecular complexity index is 479. The number of aromatic nitrogens is 1. The molecule has 110 valence electrons. The largest absolute Gasteiger partial charge is 0.355 e. The van der Waals surface area contributed by atoms with Crippen LogP contribution in [0.25, 0.3) is 0 Å². The Morgan fingerprint density at radius 2 is 1.95 bits per heavy atom. The van der Waals surface area contributed by atoms with E-state index in [1.807, 2.05) is 17.2 Å². The molecule has 0 N–H and O–H groups in total. The molecule has 0 saturated carbocycles. The summed E-state index contributed by atoms with van der Waals surface area (Å²) in [5.74, 6) is 1.24. The number of anilines is 1. The van der Waals surface area contributed by atoms with Crippen LogP contribution in [0.2, 0.25) is 0 Å². The lowest BCUT2D eigenvalue weighted by Gasteiger charge is -2.29. The molecule has 2 rings (SSSR count). The van der Waals surface area contributed by atoms with Crippen LogP contribution in [0.5, 0.6) is 0 Å². The molecule has 20 heavy (non-hydrogen) atoms. The predicted molar refractivity (Wildman–Crippen MR) is 82.0 cm³/mol. The highest BCUT2D eigenvalue weighted by molar-refractivity contribution is 5.73. The van der Waals surface area contributed by atoms with Crippen molar-refractivity contribution in [2.24, 2.45) is 0 Å². The molecular weight excluding hydrogens is 250 g/mol. The summed E-state index contributed by atoms with van der Waals surface area (Å²) in [5.41, 5.74) is 1.35. The minimum atomic E-state index is 0.0795. The molecule has 2 heterocycles. The Morgan fingerprint density at radius 3 is 2.60 bits per heavy atom. The number of carbonyl (C=O) groups is 1. The minimum Gasteiger partial charge on any atom is -0.355 e. The quantitative estimate of drug-likeness (QED) is 0.790. The van der Waals surface area contributed by atoms with Crippen LogP contribution in [0.15, 0.2) is 18.3 Å². The second-order valence-corrected chi connectivity index (χ2v) is 6.47. The molecule has 1 amide bonds. The Balaban J connectivity index is 2.22. The van der Waals surface area contributed by atoms with Gasteiger partial charge < -0.3 is 9.80 Å². The fourth-order valence-corrected chi connectivity index (χ4v) is 2.68. The Kier molecular flexibility index (Phi) is 4.31. The molecule has 1 aromatic heterocycles. The molecule has 1 fully saturated rings. The van der Waals surface area contributed by atoms with Gasteiger partial charge in [-0.1, -0.05) is 26.8 Å². The van der Waals surface area contributed by atoms with Gasteiger partial charge in [0.2, 0.25) is 5.91 Å². The molecule has 0 bridgehead atoms. The zero-order chi connectivity index (χ0) is 14.8. The molecule has 0 unspecified atom stereocenters. The molecule has 0 spiro atoms. The van der Waals surface area contributed by atoms with Crippen LogP contribution >= 0.6 is 0 Å². The third-order valence-corrected chi connectivity index (χ3v) is 3.84. The molecule has 1 aliphatic rings. The SMILES string of the molecule is CC(=O)N1CCCN(c2ncccc2C(C)(C)C)CC1. The van der Waals surface area contributed by atoms with Crippen molar-refractivity contribution in [2.45, 2.75) is 39.5 Å². The van der Waals surface area contributed by atoms with Crippen molar-refractivity contribution in [3.63, 3.8) is 0 Å². The van der Waals surface area contributed by atoms with Gasteiger partial charge in [-0.05, 0) is 17.9 Å². The summed E-state index contributed by atoms with van der Waals surface area (Å²) < 4.78 is 0. The molecule has 0 atom stereocenters. The average Bonchev–Trinajstić information content (AvgIpc) is 2.63. The number of nitrogens with zero attached hydrogens (tertiary/aromatic N) is 3. The molecule has 0 aromatic carbocycles. The Hall–Kier alpha value is -1.58. The smallest absolute Gasteiger partial charge is 0.219 e. The van der Waals surface area contributed by atoms with E-state index < -0.39 is 0 Å². The lowest BCUT2D eigenvalue weighted by molar-refractivity contribution is -0.128. The van der Waals surface area contributed by atoms with Gasteiger partial charge in [-0.3, -0.25) is 4.79 Å². The zero-order valence-electron chi connectivity index (χ0n) is 13.0. The van der Waals surface area contributed by atoms with Crippen molar-refractivity contribution in [3.05, 3.63) is 23.9 Å². The number of amides is 1. The van der Waals surface area contributed by atoms with E-state index in [1.54, 1.807) is 6.92 Å². The predicted octanol–water partition coefficient (Wildman–Crippen LogP) is 2.44. The maximum atomic E-state index is 11.5. The van der Waals surface area contributed by atoms with Crippen molar-refractivity contribution in [3.8, 4) is 0 Å². The monoisotopic (exact) mass is 275 g/mol. The van der Waals surface area contributed by atoms with Crippen LogP contribution < -0.4 is 4.90 Å². The fraction of sp³-hybridized carbons (Fsp3) is 0.625. The number of hydrogen-bond acceptors (Lipinski definition) is 3. The van der Waals surface area contributed by atoms with Gasteiger partial charge in [-0.15, -0.1) is 0 Å². The molecule has 1 saturated heterocycles. The number of rotatable bonds is 1. The fourth-order valence-electron chi connectivity index (χ4n) is 2.68. The lowest BCUT2D eigenvalue weighted by atomic mass is 9.87. The summed E-state index contributed by atoms with van der Waals surface area (Å²) >= 11 is 0. The van der Waals surface area contributed by atoms with Crippen LogP contribution in [-0.4, -0.2) is 42.0 Å². The summed E-state index contributed by atoms with van der Waals surface area (Å²) in [6.07, 6.45) is 2.86. The molecular formula is C16H25N3O. The molecule has 1 aromatic rings. The first kappa shape index (κ1) is 14.8. The normalized spacial score (nSPS) is 17.0. The zero-order valence-corrected chi connectivity index (χ0v) is 13.0. The van der Waals surface area contributed by atoms with Crippen molar-refractivity contribution in [2.75, 3.05) is 31.1 Å². The first-order valence-corrected chi connectivity index (χ1v) is 7.35. The van der Waals surface area contributed by atoms with E-state index in [0.29, 0.717) is 0 Å². The van der Waals surface area contributed by atoms with E-state index in [9.17, 15) is 4.79 Å². The van der Waals surface area contributed by atoms with E-state index in [4.69, 9.17) is 0 Å². The van der Waals surface area contributed by atoms with Gasteiger partial charge in [0.15, 0.2) is 0 Å². The maximum Gasteiger partial charge on any atom is 0.219 e. The Labute approximate surface area is 121 Å². The standard InChI is InChI=1S/C16H25N3O/c1-13(20)18-9-6-10-19(12-11-18)15-14(16(2,3)4)7-5-8-17-15/h5,7-8H,6,9-12H2,1-4H3. The van der Waals surface area contributed by atoms with E-state index in [0.717, 1.165) is 38.4 Å². The number of pyridine rings is 1. The molecule has 0 radical (unpaired) electrons. The molecule has 4 nitrogen and oxygen atoms in total. The lowest BCUT2D eigenvalue weighted by Crippen LogP contribution is -2.34. The van der Waals surface area contributed by atoms with Gasteiger partial charge in [-0.25, -0.2) is 4.98 Å². The third kappa shape index (κ3) is 3.30. The highest BCUT2D eigenvalue weighted by Gasteiger charge is 2.24. The average molecular weight is 275 g/mol. The maximum absolute atomic E-state index is 11.5. The van der Waals surface area contributed by atoms with Gasteiger partial charge in [0.05, 0.1) is 0 Å². The van der Waals surface area contributed by atoms with E-state index in [1.165, 1.54) is 5.56 Å². The molecule has 1 aliphatic heterocycles. The van der Waals surface area contributed by atoms with Gasteiger partial charge in [0.1, 0.15) is 5.82 Å². The highest BCUT2D eigenvalue weighted by atomic mass is 16.2. The van der Waals surface area contributed by atoms with Crippen molar-refractivity contribution >= 4 is 11.7 Å². The third-order valence-electron chi connectivity index (χ3n) is 3.84. The minimum absolute atomic E-state index is 0.0795. The summed E-state index contributed by atoms with van der Waals surface area (Å²) in [6, 6.07) is 4.17. The molecule has 4 heteroatoms. The van der Waals surface area contributed by atoms with Crippen molar-refractivity contribution in [1.29, 1.82) is 0 Å². The van der Waals surface area contributed by atoms with Crippen LogP contribution in [0, 0.1) is 0 Å². The summed E-state index contributed by atoms with van der Waals surface area (Å²) in [6.45, 7) is 11.8. The van der Waals surface area contributed by atoms with Gasteiger partial charge in [-0.2, -0.15) is 0 Å². The van der Waals surface area contributed by atoms with Crippen LogP contribution in [0.3, 0.4) is 0 Å². The molecule has 0 aliphatic carbocycles. The number of hydrogen-bond donors (Lipinski definition) is 0. The van der Waals surface area contributed by atoms with Crippen LogP contribution in [0.4, 0.5) is 5.82 Å². The number of carbonyl (C=O) groups excluding carboxylic acids is 1. The summed E-state index contributed by atoms with van der Waals surface area (Å²) in [5, 5.41) is 0. The first-order chi connectivity index (χ1) is 9.39. The van der Waals surface area contributed by atoms with Crippen molar-refractivity contribution < 1.29 is 4.79 Å². The second kappa shape index (κ2) is 5.81. The first-order valence-electron chi connectivity index (χ1n) is 7.35. The van der Waals surface area contributed by atoms with Gasteiger partial charge in [0.25, 0.3) is 0 Å². The van der Waals surface area contributed by atoms with E-state index in [-0.39, 0.29) is 11.3 Å². The van der Waals surface area contributed by atoms with Crippen LogP contribution in [-0.2, 0) is 10.2 Å². The van der Waals surface area contributed by atoms with Gasteiger partial charge >= 0.3 is 0 Å². The highest BCUT2D eigenvalue weighted by Crippen LogP contribution is 2.30. The topological polar surface area (TPSA) is 36.4 Å². The van der Waals surface area contributed by atoms with Crippen LogP contribution in [0.1, 0.15) is 39.7 Å². The summed E-state index contributed by atoms with van der Waals surface area (Å²) in [4.78, 5) is 20.4.